The van der Waals surface area contributed by atoms with E-state index in [-0.39, 0.29) is 0 Å². The number of hydrogen-bond acceptors (Lipinski definition) is 3. The van der Waals surface area contributed by atoms with Crippen molar-refractivity contribution in [2.45, 2.75) is 18.8 Å². The molecule has 0 amide bonds. The van der Waals surface area contributed by atoms with Crippen LogP contribution >= 0.6 is 0 Å². The largest absolute Gasteiger partial charge is 0.573 e. The molecule has 0 fully saturated rings. The van der Waals surface area contributed by atoms with Crippen LogP contribution in [0.25, 0.3) is 0 Å². The van der Waals surface area contributed by atoms with Gasteiger partial charge in [-0.25, -0.2) is 4.39 Å². The van der Waals surface area contributed by atoms with Crippen LogP contribution in [0, 0.1) is 5.82 Å². The van der Waals surface area contributed by atoms with E-state index in [1.54, 1.807) is 0 Å². The van der Waals surface area contributed by atoms with Crippen molar-refractivity contribution < 1.29 is 22.3 Å². The van der Waals surface area contributed by atoms with E-state index in [4.69, 9.17) is 11.5 Å². The van der Waals surface area contributed by atoms with Gasteiger partial charge in [0.2, 0.25) is 0 Å². The molecule has 17 heavy (non-hydrogen) atoms. The third-order valence-electron chi connectivity index (χ3n) is 2.09. The summed E-state index contributed by atoms with van der Waals surface area (Å²) >= 11 is 0. The first kappa shape index (κ1) is 13.7. The van der Waals surface area contributed by atoms with Gasteiger partial charge >= 0.3 is 6.36 Å². The molecule has 1 aromatic carbocycles. The van der Waals surface area contributed by atoms with Crippen LogP contribution in [0.2, 0.25) is 0 Å². The van der Waals surface area contributed by atoms with Gasteiger partial charge in [0, 0.05) is 6.04 Å². The second kappa shape index (κ2) is 5.33. The molecule has 0 unspecified atom stereocenters. The van der Waals surface area contributed by atoms with Gasteiger partial charge < -0.3 is 16.2 Å². The number of rotatable bonds is 4. The molecule has 0 aliphatic heterocycles. The Labute approximate surface area is 95.3 Å². The lowest BCUT2D eigenvalue weighted by Gasteiger charge is -2.13. The Hall–Kier alpha value is -1.34. The van der Waals surface area contributed by atoms with E-state index in [9.17, 15) is 17.6 Å². The lowest BCUT2D eigenvalue weighted by atomic mass is 10.0. The Morgan fingerprint density at radius 2 is 1.94 bits per heavy atom. The Morgan fingerprint density at radius 1 is 1.29 bits per heavy atom. The Bertz CT molecular complexity index is 381. The van der Waals surface area contributed by atoms with Gasteiger partial charge in [0.15, 0.2) is 11.6 Å². The van der Waals surface area contributed by atoms with Crippen LogP contribution in [0.1, 0.15) is 18.0 Å². The van der Waals surface area contributed by atoms with Crippen molar-refractivity contribution in [3.05, 3.63) is 29.6 Å². The molecule has 1 atom stereocenters. The minimum atomic E-state index is -4.91. The smallest absolute Gasteiger partial charge is 0.403 e. The predicted octanol–water partition coefficient (Wildman–Crippen LogP) is 2.07. The summed E-state index contributed by atoms with van der Waals surface area (Å²) in [5.74, 6) is -1.98. The minimum Gasteiger partial charge on any atom is -0.403 e. The molecule has 0 spiro atoms. The third-order valence-corrected chi connectivity index (χ3v) is 2.09. The first-order valence-electron chi connectivity index (χ1n) is 4.84. The van der Waals surface area contributed by atoms with Crippen molar-refractivity contribution in [1.29, 1.82) is 0 Å². The van der Waals surface area contributed by atoms with Crippen LogP contribution < -0.4 is 16.2 Å². The van der Waals surface area contributed by atoms with Crippen LogP contribution in [0.4, 0.5) is 17.6 Å². The maximum atomic E-state index is 13.3. The van der Waals surface area contributed by atoms with Crippen LogP contribution in [0.15, 0.2) is 18.2 Å². The van der Waals surface area contributed by atoms with Gasteiger partial charge in [0.1, 0.15) is 0 Å². The van der Waals surface area contributed by atoms with Gasteiger partial charge in [-0.15, -0.1) is 13.2 Å². The van der Waals surface area contributed by atoms with Crippen molar-refractivity contribution >= 4 is 0 Å². The average molecular weight is 252 g/mol. The Kier molecular flexibility index (Phi) is 4.30. The summed E-state index contributed by atoms with van der Waals surface area (Å²) < 4.78 is 52.4. The fourth-order valence-electron chi connectivity index (χ4n) is 1.30. The van der Waals surface area contributed by atoms with Crippen LogP contribution in [0.5, 0.6) is 5.75 Å². The fraction of sp³-hybridized carbons (Fsp3) is 0.400. The van der Waals surface area contributed by atoms with Gasteiger partial charge in [-0.05, 0) is 30.7 Å². The summed E-state index contributed by atoms with van der Waals surface area (Å²) in [4.78, 5) is 0. The minimum absolute atomic E-state index is 0.309. The molecule has 4 N–H and O–H groups in total. The quantitative estimate of drug-likeness (QED) is 0.806. The molecule has 7 heteroatoms. The van der Waals surface area contributed by atoms with E-state index < -0.39 is 24.0 Å². The highest BCUT2D eigenvalue weighted by molar-refractivity contribution is 5.31. The number of alkyl halides is 3. The first-order valence-corrected chi connectivity index (χ1v) is 4.84. The summed E-state index contributed by atoms with van der Waals surface area (Å²) in [5.41, 5.74) is 11.3. The zero-order chi connectivity index (χ0) is 13.1. The molecule has 0 heterocycles. The van der Waals surface area contributed by atoms with E-state index in [0.29, 0.717) is 18.5 Å². The second-order valence-electron chi connectivity index (χ2n) is 3.42. The number of hydrogen-bond donors (Lipinski definition) is 2. The second-order valence-corrected chi connectivity index (χ2v) is 3.42. The Balaban J connectivity index is 2.86. The van der Waals surface area contributed by atoms with Gasteiger partial charge in [-0.2, -0.15) is 0 Å². The zero-order valence-corrected chi connectivity index (χ0v) is 8.80. The maximum absolute atomic E-state index is 13.3. The van der Waals surface area contributed by atoms with Crippen molar-refractivity contribution in [2.24, 2.45) is 11.5 Å². The predicted molar refractivity (Wildman–Crippen MR) is 53.7 cm³/mol. The highest BCUT2D eigenvalue weighted by Gasteiger charge is 2.32. The topological polar surface area (TPSA) is 61.3 Å². The molecule has 1 aromatic rings. The van der Waals surface area contributed by atoms with E-state index in [2.05, 4.69) is 4.74 Å². The van der Waals surface area contributed by atoms with Crippen LogP contribution in [-0.2, 0) is 0 Å². The number of halogens is 4. The standard InChI is InChI=1S/C10H12F4N2O/c11-7-5-6(8(16)3-4-15)1-2-9(7)17-10(12,13)14/h1-2,5,8H,3-4,15-16H2/t8-/m1/s1. The molecule has 0 aromatic heterocycles. The lowest BCUT2D eigenvalue weighted by molar-refractivity contribution is -0.275. The average Bonchev–Trinajstić information content (AvgIpc) is 2.19. The van der Waals surface area contributed by atoms with Crippen molar-refractivity contribution in [3.63, 3.8) is 0 Å². The molecule has 0 aliphatic rings. The van der Waals surface area contributed by atoms with Crippen molar-refractivity contribution in [3.8, 4) is 5.75 Å². The molecule has 96 valence electrons. The summed E-state index contributed by atoms with van der Waals surface area (Å²) in [5, 5.41) is 0. The van der Waals surface area contributed by atoms with Crippen LogP contribution in [-0.4, -0.2) is 12.9 Å². The molecule has 1 rings (SSSR count). The normalized spacial score (nSPS) is 13.5. The molecule has 0 radical (unpaired) electrons. The highest BCUT2D eigenvalue weighted by atomic mass is 19.4. The van der Waals surface area contributed by atoms with Crippen molar-refractivity contribution in [1.82, 2.24) is 0 Å². The first-order chi connectivity index (χ1) is 7.83. The van der Waals surface area contributed by atoms with Crippen molar-refractivity contribution in [2.75, 3.05) is 6.54 Å². The zero-order valence-electron chi connectivity index (χ0n) is 8.80. The number of ether oxygens (including phenoxy) is 1. The maximum Gasteiger partial charge on any atom is 0.573 e. The van der Waals surface area contributed by atoms with E-state index >= 15 is 0 Å². The third kappa shape index (κ3) is 4.20. The van der Waals surface area contributed by atoms with E-state index in [0.717, 1.165) is 12.1 Å². The highest BCUT2D eigenvalue weighted by Crippen LogP contribution is 2.27. The molecule has 0 saturated carbocycles. The molecule has 3 nitrogen and oxygen atoms in total. The summed E-state index contributed by atoms with van der Waals surface area (Å²) in [7, 11) is 0. The van der Waals surface area contributed by atoms with E-state index in [1.807, 2.05) is 0 Å². The fourth-order valence-corrected chi connectivity index (χ4v) is 1.30. The molecular formula is C10H12F4N2O. The molecule has 0 bridgehead atoms. The van der Waals surface area contributed by atoms with Gasteiger partial charge in [-0.3, -0.25) is 0 Å². The monoisotopic (exact) mass is 252 g/mol. The van der Waals surface area contributed by atoms with Crippen LogP contribution in [0.3, 0.4) is 0 Å². The van der Waals surface area contributed by atoms with Gasteiger partial charge in [-0.1, -0.05) is 6.07 Å². The summed E-state index contributed by atoms with van der Waals surface area (Å²) in [6.45, 7) is 0.309. The molecule has 0 saturated heterocycles. The molecular weight excluding hydrogens is 240 g/mol. The number of benzene rings is 1. The van der Waals surface area contributed by atoms with Gasteiger partial charge in [0.05, 0.1) is 0 Å². The lowest BCUT2D eigenvalue weighted by Crippen LogP contribution is -2.19. The number of nitrogens with two attached hydrogens (primary N) is 2. The summed E-state index contributed by atoms with van der Waals surface area (Å²) in [6, 6.07) is 2.59. The SMILES string of the molecule is NCC[C@@H](N)c1ccc(OC(F)(F)F)c(F)c1. The molecule has 0 aliphatic carbocycles. The van der Waals surface area contributed by atoms with Gasteiger partial charge in [0.25, 0.3) is 0 Å². The summed E-state index contributed by atoms with van der Waals surface area (Å²) in [6.07, 6.45) is -4.50. The van der Waals surface area contributed by atoms with E-state index in [1.165, 1.54) is 6.07 Å². The Morgan fingerprint density at radius 3 is 2.41 bits per heavy atom.